The molecule has 1 unspecified atom stereocenters. The lowest BCUT2D eigenvalue weighted by Crippen LogP contribution is -2.54. The van der Waals surface area contributed by atoms with Gasteiger partial charge in [-0.25, -0.2) is 0 Å². The second kappa shape index (κ2) is 9.32. The third-order valence-electron chi connectivity index (χ3n) is 5.78. The van der Waals surface area contributed by atoms with Crippen LogP contribution in [0.15, 0.2) is 35.3 Å². The quantitative estimate of drug-likeness (QED) is 0.569. The fourth-order valence-corrected chi connectivity index (χ4v) is 5.30. The van der Waals surface area contributed by atoms with Crippen LogP contribution >= 0.6 is 11.3 Å². The second-order valence-corrected chi connectivity index (χ2v) is 8.83. The van der Waals surface area contributed by atoms with Gasteiger partial charge in [0.05, 0.1) is 26.7 Å². The highest BCUT2D eigenvalue weighted by molar-refractivity contribution is 7.19. The molecule has 9 heteroatoms. The molecule has 1 aliphatic rings. The molecule has 0 aliphatic carbocycles. The molecule has 0 bridgehead atoms. The predicted octanol–water partition coefficient (Wildman–Crippen LogP) is 2.23. The van der Waals surface area contributed by atoms with E-state index < -0.39 is 0 Å². The molecule has 2 aromatic heterocycles. The van der Waals surface area contributed by atoms with Gasteiger partial charge in [-0.1, -0.05) is 6.07 Å². The standard InChI is InChI=1S/C23H27N3O5S/c1-25-13-17(14-5-6-19(29-2)20(9-14)30-3)21-16(22(25)27)10-15(32-21)12-26-8-7-24-11-18(26)23(28)31-4/h5-6,9-10,13,18,24H,7-8,11-12H2,1-4H3. The van der Waals surface area contributed by atoms with Crippen LogP contribution in [0.25, 0.3) is 21.2 Å². The van der Waals surface area contributed by atoms with E-state index >= 15 is 0 Å². The molecule has 4 rings (SSSR count). The van der Waals surface area contributed by atoms with E-state index in [2.05, 4.69) is 10.2 Å². The first kappa shape index (κ1) is 22.3. The van der Waals surface area contributed by atoms with Crippen LogP contribution in [0.1, 0.15) is 4.88 Å². The molecule has 32 heavy (non-hydrogen) atoms. The largest absolute Gasteiger partial charge is 0.493 e. The summed E-state index contributed by atoms with van der Waals surface area (Å²) in [7, 11) is 6.37. The van der Waals surface area contributed by atoms with E-state index in [1.807, 2.05) is 30.5 Å². The van der Waals surface area contributed by atoms with E-state index in [0.717, 1.165) is 33.8 Å². The molecule has 8 nitrogen and oxygen atoms in total. The molecule has 0 amide bonds. The van der Waals surface area contributed by atoms with Crippen molar-refractivity contribution in [3.05, 3.63) is 45.7 Å². The third-order valence-corrected chi connectivity index (χ3v) is 6.94. The van der Waals surface area contributed by atoms with Gasteiger partial charge in [-0.05, 0) is 23.8 Å². The van der Waals surface area contributed by atoms with Crippen LogP contribution in [0.2, 0.25) is 0 Å². The maximum absolute atomic E-state index is 12.9. The van der Waals surface area contributed by atoms with Crippen molar-refractivity contribution in [1.82, 2.24) is 14.8 Å². The summed E-state index contributed by atoms with van der Waals surface area (Å²) in [5.74, 6) is 1.03. The predicted molar refractivity (Wildman–Crippen MR) is 125 cm³/mol. The normalized spacial score (nSPS) is 16.8. The summed E-state index contributed by atoms with van der Waals surface area (Å²) >= 11 is 1.58. The first-order valence-corrected chi connectivity index (χ1v) is 11.2. The number of esters is 1. The SMILES string of the molecule is COC(=O)C1CNCCN1Cc1cc2c(=O)n(C)cc(-c3ccc(OC)c(OC)c3)c2s1. The van der Waals surface area contributed by atoms with Crippen molar-refractivity contribution < 1.29 is 19.0 Å². The van der Waals surface area contributed by atoms with Crippen LogP contribution < -0.4 is 20.3 Å². The highest BCUT2D eigenvalue weighted by Crippen LogP contribution is 2.37. The van der Waals surface area contributed by atoms with Crippen molar-refractivity contribution in [1.29, 1.82) is 0 Å². The summed E-state index contributed by atoms with van der Waals surface area (Å²) < 4.78 is 18.3. The minimum Gasteiger partial charge on any atom is -0.493 e. The number of benzene rings is 1. The molecule has 0 radical (unpaired) electrons. The molecule has 3 heterocycles. The summed E-state index contributed by atoms with van der Waals surface area (Å²) in [6.07, 6.45) is 1.86. The summed E-state index contributed by atoms with van der Waals surface area (Å²) in [6.45, 7) is 2.66. The highest BCUT2D eigenvalue weighted by atomic mass is 32.1. The third kappa shape index (κ3) is 4.11. The molecule has 1 saturated heterocycles. The lowest BCUT2D eigenvalue weighted by Gasteiger charge is -2.33. The molecule has 3 aromatic rings. The summed E-state index contributed by atoms with van der Waals surface area (Å²) in [5.41, 5.74) is 1.84. The van der Waals surface area contributed by atoms with Gasteiger partial charge in [0.2, 0.25) is 0 Å². The monoisotopic (exact) mass is 457 g/mol. The Kier molecular flexibility index (Phi) is 6.50. The molecule has 0 saturated carbocycles. The zero-order valence-electron chi connectivity index (χ0n) is 18.6. The molecule has 1 atom stereocenters. The molecule has 1 fully saturated rings. The van der Waals surface area contributed by atoms with Gasteiger partial charge in [0, 0.05) is 54.6 Å². The lowest BCUT2D eigenvalue weighted by atomic mass is 10.1. The molecule has 1 N–H and O–H groups in total. The Bertz CT molecular complexity index is 1200. The van der Waals surface area contributed by atoms with E-state index in [9.17, 15) is 9.59 Å². The van der Waals surface area contributed by atoms with E-state index in [0.29, 0.717) is 30.0 Å². The average Bonchev–Trinajstić information content (AvgIpc) is 3.24. The Morgan fingerprint density at radius 2 is 1.97 bits per heavy atom. The number of hydrogen-bond acceptors (Lipinski definition) is 8. The molecule has 1 aliphatic heterocycles. The van der Waals surface area contributed by atoms with Gasteiger partial charge in [-0.15, -0.1) is 11.3 Å². The molecule has 1 aromatic carbocycles. The van der Waals surface area contributed by atoms with Crippen LogP contribution in [0.3, 0.4) is 0 Å². The number of carbonyl (C=O) groups is 1. The number of aryl methyl sites for hydroxylation is 1. The molecule has 170 valence electrons. The van der Waals surface area contributed by atoms with Crippen molar-refractivity contribution in [2.24, 2.45) is 7.05 Å². The minimum absolute atomic E-state index is 0.0449. The second-order valence-electron chi connectivity index (χ2n) is 7.70. The number of carbonyl (C=O) groups excluding carboxylic acids is 1. The fraction of sp³-hybridized carbons (Fsp3) is 0.391. The first-order chi connectivity index (χ1) is 15.5. The van der Waals surface area contributed by atoms with E-state index in [-0.39, 0.29) is 17.6 Å². The number of pyridine rings is 1. The number of aromatic nitrogens is 1. The Morgan fingerprint density at radius 1 is 1.19 bits per heavy atom. The molecule has 0 spiro atoms. The number of nitrogens with one attached hydrogen (secondary N) is 1. The van der Waals surface area contributed by atoms with E-state index in [1.54, 1.807) is 37.2 Å². The number of hydrogen-bond donors (Lipinski definition) is 1. The number of rotatable bonds is 6. The van der Waals surface area contributed by atoms with Crippen molar-refractivity contribution in [2.45, 2.75) is 12.6 Å². The molecular weight excluding hydrogens is 430 g/mol. The van der Waals surface area contributed by atoms with Gasteiger partial charge in [-0.3, -0.25) is 14.5 Å². The number of thiophene rings is 1. The topological polar surface area (TPSA) is 82.0 Å². The fourth-order valence-electron chi connectivity index (χ4n) is 4.09. The van der Waals surface area contributed by atoms with Gasteiger partial charge in [0.25, 0.3) is 5.56 Å². The van der Waals surface area contributed by atoms with E-state index in [4.69, 9.17) is 14.2 Å². The van der Waals surface area contributed by atoms with Gasteiger partial charge in [0.1, 0.15) is 6.04 Å². The van der Waals surface area contributed by atoms with Crippen LogP contribution in [0.5, 0.6) is 11.5 Å². The van der Waals surface area contributed by atoms with Gasteiger partial charge in [0.15, 0.2) is 11.5 Å². The summed E-state index contributed by atoms with van der Waals surface area (Å²) in [6, 6.07) is 7.35. The zero-order chi connectivity index (χ0) is 22.8. The Hall–Kier alpha value is -2.88. The number of nitrogens with zero attached hydrogens (tertiary/aromatic N) is 2. The lowest BCUT2D eigenvalue weighted by molar-refractivity contribution is -0.147. The number of ether oxygens (including phenoxy) is 3. The minimum atomic E-state index is -0.341. The Labute approximate surface area is 190 Å². The van der Waals surface area contributed by atoms with Crippen molar-refractivity contribution in [2.75, 3.05) is 41.0 Å². The highest BCUT2D eigenvalue weighted by Gasteiger charge is 2.30. The summed E-state index contributed by atoms with van der Waals surface area (Å²) in [5, 5.41) is 3.92. The number of piperazine rings is 1. The maximum Gasteiger partial charge on any atom is 0.324 e. The smallest absolute Gasteiger partial charge is 0.324 e. The Balaban J connectivity index is 1.76. The Morgan fingerprint density at radius 3 is 2.69 bits per heavy atom. The van der Waals surface area contributed by atoms with Crippen LogP contribution in [0.4, 0.5) is 0 Å². The summed E-state index contributed by atoms with van der Waals surface area (Å²) in [4.78, 5) is 28.2. The van der Waals surface area contributed by atoms with Gasteiger partial charge < -0.3 is 24.1 Å². The first-order valence-electron chi connectivity index (χ1n) is 10.3. The number of methoxy groups -OCH3 is 3. The van der Waals surface area contributed by atoms with Crippen LogP contribution in [-0.4, -0.2) is 62.4 Å². The van der Waals surface area contributed by atoms with Crippen molar-refractivity contribution >= 4 is 27.4 Å². The van der Waals surface area contributed by atoms with E-state index in [1.165, 1.54) is 7.11 Å². The average molecular weight is 458 g/mol. The zero-order valence-corrected chi connectivity index (χ0v) is 19.5. The number of fused-ring (bicyclic) bond motifs is 1. The van der Waals surface area contributed by atoms with Crippen molar-refractivity contribution in [3.8, 4) is 22.6 Å². The molecular formula is C23H27N3O5S. The van der Waals surface area contributed by atoms with Gasteiger partial charge >= 0.3 is 5.97 Å². The van der Waals surface area contributed by atoms with Gasteiger partial charge in [-0.2, -0.15) is 0 Å². The van der Waals surface area contributed by atoms with Crippen LogP contribution in [0, 0.1) is 0 Å². The maximum atomic E-state index is 12.9. The van der Waals surface area contributed by atoms with Crippen molar-refractivity contribution in [3.63, 3.8) is 0 Å². The van der Waals surface area contributed by atoms with Crippen LogP contribution in [-0.2, 0) is 23.1 Å².